The zero-order valence-corrected chi connectivity index (χ0v) is 16.9. The monoisotopic (exact) mass is 380 g/mol. The third kappa shape index (κ3) is 5.92. The van der Waals surface area contributed by atoms with Gasteiger partial charge in [0.1, 0.15) is 11.3 Å². The van der Waals surface area contributed by atoms with Gasteiger partial charge >= 0.3 is 5.97 Å². The lowest BCUT2D eigenvalue weighted by Gasteiger charge is -2.30. The Balaban J connectivity index is 3.01. The number of carbonyl (C=O) groups is 2. The summed E-state index contributed by atoms with van der Waals surface area (Å²) >= 11 is 5.87. The number of hydrogen-bond donors (Lipinski definition) is 2. The van der Waals surface area contributed by atoms with Gasteiger partial charge in [-0.3, -0.25) is 10.2 Å². The molecule has 26 heavy (non-hydrogen) atoms. The summed E-state index contributed by atoms with van der Waals surface area (Å²) in [6.45, 7) is 9.06. The van der Waals surface area contributed by atoms with Gasteiger partial charge in [-0.2, -0.15) is 0 Å². The number of ketones is 1. The van der Waals surface area contributed by atoms with Crippen molar-refractivity contribution in [1.82, 2.24) is 0 Å². The van der Waals surface area contributed by atoms with Crippen LogP contribution in [-0.2, 0) is 9.53 Å². The number of nitrogens with one attached hydrogen (secondary N) is 1. The smallest absolute Gasteiger partial charge is 0.352 e. The molecule has 3 N–H and O–H groups in total. The highest BCUT2D eigenvalue weighted by atomic mass is 35.5. The van der Waals surface area contributed by atoms with Crippen LogP contribution in [0, 0.1) is 17.2 Å². The van der Waals surface area contributed by atoms with E-state index in [2.05, 4.69) is 0 Å². The minimum atomic E-state index is -0.811. The molecule has 0 fully saturated rings. The summed E-state index contributed by atoms with van der Waals surface area (Å²) in [4.78, 5) is 25.0. The predicted octanol–water partition coefficient (Wildman–Crippen LogP) is 4.26. The quantitative estimate of drug-likeness (QED) is 0.400. The molecule has 3 atom stereocenters. The van der Waals surface area contributed by atoms with Crippen LogP contribution in [0.4, 0.5) is 0 Å². The Kier molecular flexibility index (Phi) is 7.97. The molecular formula is C20H29ClN2O3. The Morgan fingerprint density at radius 2 is 1.69 bits per heavy atom. The van der Waals surface area contributed by atoms with Crippen LogP contribution < -0.4 is 5.73 Å². The Labute approximate surface area is 160 Å². The minimum Gasteiger partial charge on any atom is -0.455 e. The predicted molar refractivity (Wildman–Crippen MR) is 105 cm³/mol. The molecule has 2 unspecified atom stereocenters. The van der Waals surface area contributed by atoms with E-state index in [0.717, 1.165) is 0 Å². The average molecular weight is 381 g/mol. The second-order valence-electron chi connectivity index (χ2n) is 7.40. The van der Waals surface area contributed by atoms with E-state index in [4.69, 9.17) is 27.5 Å². The van der Waals surface area contributed by atoms with E-state index in [0.29, 0.717) is 23.4 Å². The maximum absolute atomic E-state index is 12.7. The lowest BCUT2D eigenvalue weighted by atomic mass is 9.77. The van der Waals surface area contributed by atoms with Crippen molar-refractivity contribution in [3.63, 3.8) is 0 Å². The van der Waals surface area contributed by atoms with Crippen LogP contribution in [0.25, 0.3) is 0 Å². The zero-order chi connectivity index (χ0) is 20.1. The Morgan fingerprint density at radius 3 is 2.12 bits per heavy atom. The number of esters is 1. The Hall–Kier alpha value is -1.72. The lowest BCUT2D eigenvalue weighted by Crippen LogP contribution is -2.45. The normalized spacial score (nSPS) is 15.0. The third-order valence-corrected chi connectivity index (χ3v) is 4.56. The van der Waals surface area contributed by atoms with Crippen molar-refractivity contribution in [2.45, 2.75) is 59.1 Å². The van der Waals surface area contributed by atoms with Crippen molar-refractivity contribution in [3.8, 4) is 0 Å². The molecule has 6 heteroatoms. The molecule has 1 rings (SSSR count). The number of Topliss-reactive ketones (excluding diaryl/α,β-unsaturated/α-hetero) is 1. The lowest BCUT2D eigenvalue weighted by molar-refractivity contribution is -0.146. The first-order chi connectivity index (χ1) is 12.0. The summed E-state index contributed by atoms with van der Waals surface area (Å²) in [5.74, 6) is -1.65. The van der Waals surface area contributed by atoms with Crippen LogP contribution in [0.5, 0.6) is 0 Å². The number of rotatable bonds is 8. The highest BCUT2D eigenvalue weighted by Gasteiger charge is 2.36. The fourth-order valence-electron chi connectivity index (χ4n) is 3.00. The number of carbonyl (C=O) groups excluding carboxylic acids is 2. The van der Waals surface area contributed by atoms with Crippen molar-refractivity contribution < 1.29 is 14.3 Å². The van der Waals surface area contributed by atoms with Gasteiger partial charge in [0.15, 0.2) is 5.78 Å². The van der Waals surface area contributed by atoms with Crippen LogP contribution in [0.3, 0.4) is 0 Å². The number of nitrogens with two attached hydrogens (primary N) is 1. The van der Waals surface area contributed by atoms with E-state index >= 15 is 0 Å². The maximum Gasteiger partial charge on any atom is 0.352 e. The molecule has 1 aromatic rings. The van der Waals surface area contributed by atoms with Gasteiger partial charge < -0.3 is 10.5 Å². The molecule has 0 aliphatic heterocycles. The Bertz CT molecular complexity index is 650. The molecule has 0 aliphatic rings. The number of benzene rings is 1. The van der Waals surface area contributed by atoms with Crippen LogP contribution in [0.2, 0.25) is 5.02 Å². The van der Waals surface area contributed by atoms with Gasteiger partial charge in [-0.25, -0.2) is 4.79 Å². The highest BCUT2D eigenvalue weighted by molar-refractivity contribution is 6.36. The molecule has 1 aromatic carbocycles. The average Bonchev–Trinajstić information content (AvgIpc) is 2.57. The highest BCUT2D eigenvalue weighted by Crippen LogP contribution is 2.27. The molecule has 0 saturated carbocycles. The van der Waals surface area contributed by atoms with Gasteiger partial charge in [-0.05, 0) is 57.4 Å². The van der Waals surface area contributed by atoms with E-state index in [1.165, 1.54) is 0 Å². The fourth-order valence-corrected chi connectivity index (χ4v) is 3.12. The van der Waals surface area contributed by atoms with Crippen molar-refractivity contribution in [2.75, 3.05) is 0 Å². The van der Waals surface area contributed by atoms with Crippen molar-refractivity contribution in [3.05, 3.63) is 34.9 Å². The first kappa shape index (κ1) is 22.3. The summed E-state index contributed by atoms with van der Waals surface area (Å²) < 4.78 is 5.31. The second-order valence-corrected chi connectivity index (χ2v) is 7.84. The summed E-state index contributed by atoms with van der Waals surface area (Å²) in [6, 6.07) is 5.74. The van der Waals surface area contributed by atoms with Crippen LogP contribution in [0.15, 0.2) is 24.3 Å². The van der Waals surface area contributed by atoms with Gasteiger partial charge in [0.05, 0.1) is 6.04 Å². The zero-order valence-electron chi connectivity index (χ0n) is 16.1. The standard InChI is InChI=1S/C20H29ClN2O3/c1-6-14(15(7-2)17(23)19(25)26-20(3,4)5)16(22)18(24)12-8-10-13(21)11-9-12/h8-11,14-16,23H,6-7,22H2,1-5H3/t14?,15-,16?/m0/s1. The molecule has 0 heterocycles. The first-order valence-corrected chi connectivity index (χ1v) is 9.26. The largest absolute Gasteiger partial charge is 0.455 e. The third-order valence-electron chi connectivity index (χ3n) is 4.31. The SMILES string of the molecule is CCC(C(N)C(=O)c1ccc(Cl)cc1)[C@H](CC)C(=N)C(=O)OC(C)(C)C. The molecule has 0 bridgehead atoms. The fraction of sp³-hybridized carbons (Fsp3) is 0.550. The van der Waals surface area contributed by atoms with Crippen LogP contribution in [-0.4, -0.2) is 29.1 Å². The van der Waals surface area contributed by atoms with Crippen molar-refractivity contribution in [1.29, 1.82) is 5.41 Å². The molecule has 0 amide bonds. The van der Waals surface area contributed by atoms with Crippen LogP contribution in [0.1, 0.15) is 57.8 Å². The van der Waals surface area contributed by atoms with E-state index in [-0.39, 0.29) is 17.4 Å². The van der Waals surface area contributed by atoms with Crippen molar-refractivity contribution >= 4 is 29.1 Å². The number of hydrogen-bond acceptors (Lipinski definition) is 5. The van der Waals surface area contributed by atoms with Crippen molar-refractivity contribution in [2.24, 2.45) is 17.6 Å². The number of ether oxygens (including phenoxy) is 1. The molecule has 0 radical (unpaired) electrons. The minimum absolute atomic E-state index is 0.131. The van der Waals surface area contributed by atoms with E-state index in [1.54, 1.807) is 45.0 Å². The summed E-state index contributed by atoms with van der Waals surface area (Å²) in [6.07, 6.45) is 1.10. The second kappa shape index (κ2) is 9.28. The molecule has 144 valence electrons. The molecule has 0 saturated heterocycles. The molecule has 0 aromatic heterocycles. The topological polar surface area (TPSA) is 93.2 Å². The van der Waals surface area contributed by atoms with Gasteiger partial charge in [0, 0.05) is 16.5 Å². The van der Waals surface area contributed by atoms with Gasteiger partial charge in [0.25, 0.3) is 0 Å². The van der Waals surface area contributed by atoms with E-state index < -0.39 is 23.5 Å². The summed E-state index contributed by atoms with van der Waals surface area (Å²) in [5, 5.41) is 8.82. The molecule has 0 aliphatic carbocycles. The van der Waals surface area contributed by atoms with E-state index in [9.17, 15) is 9.59 Å². The molecule has 5 nitrogen and oxygen atoms in total. The Morgan fingerprint density at radius 1 is 1.15 bits per heavy atom. The van der Waals surface area contributed by atoms with Gasteiger partial charge in [0.2, 0.25) is 0 Å². The van der Waals surface area contributed by atoms with E-state index in [1.807, 2.05) is 13.8 Å². The summed E-state index contributed by atoms with van der Waals surface area (Å²) in [7, 11) is 0. The maximum atomic E-state index is 12.7. The summed E-state index contributed by atoms with van der Waals surface area (Å²) in [5.41, 5.74) is 5.92. The van der Waals surface area contributed by atoms with Gasteiger partial charge in [-0.1, -0.05) is 31.9 Å². The number of halogens is 1. The first-order valence-electron chi connectivity index (χ1n) is 8.88. The molecule has 0 spiro atoms. The van der Waals surface area contributed by atoms with Crippen LogP contribution >= 0.6 is 11.6 Å². The van der Waals surface area contributed by atoms with Gasteiger partial charge in [-0.15, -0.1) is 0 Å². The molecular weight excluding hydrogens is 352 g/mol.